The van der Waals surface area contributed by atoms with Gasteiger partial charge in [0.25, 0.3) is 5.91 Å². The molecule has 0 heterocycles. The van der Waals surface area contributed by atoms with Crippen molar-refractivity contribution in [2.75, 3.05) is 20.3 Å². The molecule has 0 spiro atoms. The Bertz CT molecular complexity index is 127. The lowest BCUT2D eigenvalue weighted by Crippen LogP contribution is -2.22. The van der Waals surface area contributed by atoms with Gasteiger partial charge in [-0.05, 0) is 6.08 Å². The van der Waals surface area contributed by atoms with Crippen LogP contribution in [-0.4, -0.2) is 29.3 Å². The van der Waals surface area contributed by atoms with Crippen molar-refractivity contribution in [2.45, 2.75) is 0 Å². The molecule has 0 aromatic carbocycles. The topological polar surface area (TPSA) is 29.5 Å². The third-order valence-corrected chi connectivity index (χ3v) is 1.86. The van der Waals surface area contributed by atoms with Crippen LogP contribution in [0.15, 0.2) is 12.7 Å². The molecule has 4 heteroatoms. The second-order valence-corrected chi connectivity index (χ2v) is 2.79. The molecule has 0 saturated carbocycles. The summed E-state index contributed by atoms with van der Waals surface area (Å²) in [5.41, 5.74) is 0. The highest BCUT2D eigenvalue weighted by Crippen LogP contribution is 1.98. The second-order valence-electron chi connectivity index (χ2n) is 1.62. The van der Waals surface area contributed by atoms with Gasteiger partial charge in [-0.25, -0.2) is 0 Å². The van der Waals surface area contributed by atoms with Crippen LogP contribution in [0.3, 0.4) is 0 Å². The Balaban J connectivity index is 3.51. The summed E-state index contributed by atoms with van der Waals surface area (Å²) in [6, 6.07) is 0. The number of hydrogen-bond acceptors (Lipinski definition) is 2. The number of amides is 1. The zero-order valence-corrected chi connectivity index (χ0v) is 8.00. The van der Waals surface area contributed by atoms with Crippen molar-refractivity contribution in [1.82, 2.24) is 3.11 Å². The molecule has 0 aliphatic heterocycles. The number of hydrogen-bond donors (Lipinski definition) is 0. The molecule has 0 radical (unpaired) electrons. The van der Waals surface area contributed by atoms with E-state index in [4.69, 9.17) is 4.74 Å². The Morgan fingerprint density at radius 3 is 2.90 bits per heavy atom. The molecule has 0 unspecified atom stereocenters. The fraction of sp³-hybridized carbons (Fsp3) is 0.500. The fourth-order valence-electron chi connectivity index (χ4n) is 0.381. The van der Waals surface area contributed by atoms with Gasteiger partial charge in [-0.2, -0.15) is 0 Å². The lowest BCUT2D eigenvalue weighted by Gasteiger charge is -2.10. The van der Waals surface area contributed by atoms with Crippen molar-refractivity contribution in [3.8, 4) is 0 Å². The van der Waals surface area contributed by atoms with Gasteiger partial charge in [-0.15, -0.1) is 0 Å². The number of rotatable bonds is 4. The van der Waals surface area contributed by atoms with E-state index in [1.807, 2.05) is 22.9 Å². The summed E-state index contributed by atoms with van der Waals surface area (Å²) in [5, 5.41) is 0. The Hall–Kier alpha value is -0.100. The van der Waals surface area contributed by atoms with E-state index >= 15 is 0 Å². The van der Waals surface area contributed by atoms with Crippen molar-refractivity contribution in [3.63, 3.8) is 0 Å². The zero-order valence-electron chi connectivity index (χ0n) is 5.84. The molecule has 0 atom stereocenters. The average molecular weight is 255 g/mol. The predicted molar refractivity (Wildman–Crippen MR) is 47.8 cm³/mol. The average Bonchev–Trinajstić information content (AvgIpc) is 1.98. The van der Waals surface area contributed by atoms with E-state index in [1.54, 1.807) is 7.11 Å². The van der Waals surface area contributed by atoms with Crippen LogP contribution in [0.1, 0.15) is 0 Å². The van der Waals surface area contributed by atoms with Crippen LogP contribution in [0.5, 0.6) is 0 Å². The molecule has 1 amide bonds. The van der Waals surface area contributed by atoms with E-state index in [2.05, 4.69) is 6.58 Å². The molecule has 0 bridgehead atoms. The Kier molecular flexibility index (Phi) is 5.61. The maximum Gasteiger partial charge on any atom is 0.254 e. The standard InChI is InChI=1S/C6H10INO2/c1-3-6(9)8(7)4-5-10-2/h3H,1,4-5H2,2H3. The number of ether oxygens (including phenoxy) is 1. The Labute approximate surface area is 74.5 Å². The SMILES string of the molecule is C=CC(=O)N(I)CCOC. The van der Waals surface area contributed by atoms with Gasteiger partial charge >= 0.3 is 0 Å². The summed E-state index contributed by atoms with van der Waals surface area (Å²) >= 11 is 1.92. The van der Waals surface area contributed by atoms with Crippen molar-refractivity contribution in [1.29, 1.82) is 0 Å². The van der Waals surface area contributed by atoms with Gasteiger partial charge in [0, 0.05) is 7.11 Å². The first-order valence-electron chi connectivity index (χ1n) is 2.81. The highest BCUT2D eigenvalue weighted by Gasteiger charge is 2.03. The van der Waals surface area contributed by atoms with Gasteiger partial charge in [0.15, 0.2) is 0 Å². The predicted octanol–water partition coefficient (Wildman–Crippen LogP) is 0.997. The smallest absolute Gasteiger partial charge is 0.254 e. The number of halogens is 1. The molecule has 0 saturated heterocycles. The molecule has 58 valence electrons. The summed E-state index contributed by atoms with van der Waals surface area (Å²) in [5.74, 6) is -0.0855. The van der Waals surface area contributed by atoms with E-state index in [-0.39, 0.29) is 5.91 Å². The minimum atomic E-state index is -0.0855. The summed E-state index contributed by atoms with van der Waals surface area (Å²) in [6.45, 7) is 4.51. The van der Waals surface area contributed by atoms with Crippen LogP contribution in [0.25, 0.3) is 0 Å². The first-order valence-corrected chi connectivity index (χ1v) is 3.77. The van der Waals surface area contributed by atoms with E-state index < -0.39 is 0 Å². The molecule has 0 aliphatic carbocycles. The van der Waals surface area contributed by atoms with Crippen molar-refractivity contribution >= 4 is 28.8 Å². The fourth-order valence-corrected chi connectivity index (χ4v) is 0.775. The molecular formula is C6H10INO2. The zero-order chi connectivity index (χ0) is 7.98. The van der Waals surface area contributed by atoms with Gasteiger partial charge in [0.1, 0.15) is 0 Å². The minimum absolute atomic E-state index is 0.0855. The number of carbonyl (C=O) groups excluding carboxylic acids is 1. The normalized spacial score (nSPS) is 9.00. The molecular weight excluding hydrogens is 245 g/mol. The number of carbonyl (C=O) groups is 1. The van der Waals surface area contributed by atoms with Gasteiger partial charge in [-0.1, -0.05) is 6.58 Å². The Morgan fingerprint density at radius 2 is 2.50 bits per heavy atom. The van der Waals surface area contributed by atoms with Gasteiger partial charge in [0.2, 0.25) is 0 Å². The summed E-state index contributed by atoms with van der Waals surface area (Å²) in [6.07, 6.45) is 1.28. The minimum Gasteiger partial charge on any atom is -0.383 e. The summed E-state index contributed by atoms with van der Waals surface area (Å²) in [4.78, 5) is 10.8. The first-order chi connectivity index (χ1) is 4.72. The lowest BCUT2D eigenvalue weighted by molar-refractivity contribution is -0.120. The first kappa shape index (κ1) is 9.90. The largest absolute Gasteiger partial charge is 0.383 e. The van der Waals surface area contributed by atoms with Crippen molar-refractivity contribution < 1.29 is 9.53 Å². The van der Waals surface area contributed by atoms with Crippen LogP contribution >= 0.6 is 22.9 Å². The number of nitrogens with zero attached hydrogens (tertiary/aromatic N) is 1. The van der Waals surface area contributed by atoms with E-state index in [0.717, 1.165) is 0 Å². The van der Waals surface area contributed by atoms with E-state index in [1.165, 1.54) is 9.19 Å². The maximum atomic E-state index is 10.8. The molecule has 0 N–H and O–H groups in total. The van der Waals surface area contributed by atoms with Crippen LogP contribution in [0.2, 0.25) is 0 Å². The van der Waals surface area contributed by atoms with E-state index in [9.17, 15) is 4.79 Å². The van der Waals surface area contributed by atoms with Gasteiger partial charge in [0.05, 0.1) is 36.0 Å². The molecule has 0 aromatic heterocycles. The van der Waals surface area contributed by atoms with Crippen molar-refractivity contribution in [3.05, 3.63) is 12.7 Å². The van der Waals surface area contributed by atoms with Crippen LogP contribution in [-0.2, 0) is 9.53 Å². The third kappa shape index (κ3) is 3.84. The van der Waals surface area contributed by atoms with Crippen molar-refractivity contribution in [2.24, 2.45) is 0 Å². The molecule has 0 fully saturated rings. The second kappa shape index (κ2) is 5.67. The Morgan fingerprint density at radius 1 is 1.90 bits per heavy atom. The van der Waals surface area contributed by atoms with Gasteiger partial charge in [-0.3, -0.25) is 7.91 Å². The van der Waals surface area contributed by atoms with Crippen LogP contribution in [0, 0.1) is 0 Å². The van der Waals surface area contributed by atoms with Crippen LogP contribution < -0.4 is 0 Å². The van der Waals surface area contributed by atoms with Crippen LogP contribution in [0.4, 0.5) is 0 Å². The van der Waals surface area contributed by atoms with E-state index in [0.29, 0.717) is 13.2 Å². The third-order valence-electron chi connectivity index (χ3n) is 0.905. The number of methoxy groups -OCH3 is 1. The maximum absolute atomic E-state index is 10.8. The molecule has 3 nitrogen and oxygen atoms in total. The molecule has 0 aliphatic rings. The highest BCUT2D eigenvalue weighted by molar-refractivity contribution is 14.1. The van der Waals surface area contributed by atoms with Gasteiger partial charge < -0.3 is 4.74 Å². The summed E-state index contributed by atoms with van der Waals surface area (Å²) in [7, 11) is 1.60. The molecule has 0 aromatic rings. The summed E-state index contributed by atoms with van der Waals surface area (Å²) < 4.78 is 6.30. The monoisotopic (exact) mass is 255 g/mol. The molecule has 10 heavy (non-hydrogen) atoms. The lowest BCUT2D eigenvalue weighted by atomic mass is 10.5. The molecule has 0 rings (SSSR count). The quantitative estimate of drug-likeness (QED) is 0.426. The highest BCUT2D eigenvalue weighted by atomic mass is 127.